The zero-order chi connectivity index (χ0) is 16.2. The zero-order valence-corrected chi connectivity index (χ0v) is 13.4. The van der Waals surface area contributed by atoms with Crippen LogP contribution in [0.15, 0.2) is 66.7 Å². The van der Waals surface area contributed by atoms with E-state index in [9.17, 15) is 4.79 Å². The van der Waals surface area contributed by atoms with Crippen molar-refractivity contribution < 1.29 is 9.53 Å². The number of carbonyl (C=O) groups excluding carboxylic acids is 1. The number of rotatable bonds is 4. The molecule has 2 nitrogen and oxygen atoms in total. The molecule has 0 atom stereocenters. The summed E-state index contributed by atoms with van der Waals surface area (Å²) >= 11 is 5.87. The van der Waals surface area contributed by atoms with Gasteiger partial charge in [0.05, 0.1) is 12.7 Å². The molecule has 0 aromatic heterocycles. The first-order chi connectivity index (χ1) is 11.2. The Hall–Kier alpha value is -2.58. The van der Waals surface area contributed by atoms with Crippen molar-refractivity contribution in [3.63, 3.8) is 0 Å². The van der Waals surface area contributed by atoms with E-state index in [1.807, 2.05) is 48.5 Å². The molecule has 0 radical (unpaired) electrons. The molecule has 0 fully saturated rings. The van der Waals surface area contributed by atoms with E-state index in [1.165, 1.54) is 0 Å². The van der Waals surface area contributed by atoms with Gasteiger partial charge in [-0.2, -0.15) is 0 Å². The van der Waals surface area contributed by atoms with Gasteiger partial charge < -0.3 is 4.74 Å². The molecule has 0 aliphatic carbocycles. The number of carbonyl (C=O) groups is 1. The third-order valence-electron chi connectivity index (χ3n) is 3.65. The summed E-state index contributed by atoms with van der Waals surface area (Å²) in [6.45, 7) is 0. The van der Waals surface area contributed by atoms with Crippen molar-refractivity contribution in [3.8, 4) is 5.75 Å². The van der Waals surface area contributed by atoms with Crippen LogP contribution >= 0.6 is 11.6 Å². The van der Waals surface area contributed by atoms with Crippen LogP contribution in [0, 0.1) is 0 Å². The summed E-state index contributed by atoms with van der Waals surface area (Å²) in [5.74, 6) is 0.489. The number of methoxy groups -OCH3 is 1. The zero-order valence-electron chi connectivity index (χ0n) is 12.6. The molecular weight excluding hydrogens is 308 g/mol. The van der Waals surface area contributed by atoms with Crippen LogP contribution in [-0.4, -0.2) is 12.9 Å². The van der Waals surface area contributed by atoms with Gasteiger partial charge in [0.25, 0.3) is 0 Å². The maximum atomic E-state index is 12.7. The minimum atomic E-state index is -0.0893. The van der Waals surface area contributed by atoms with E-state index in [0.29, 0.717) is 16.3 Å². The van der Waals surface area contributed by atoms with Crippen LogP contribution in [0.5, 0.6) is 5.75 Å². The van der Waals surface area contributed by atoms with Crippen LogP contribution in [0.2, 0.25) is 5.02 Å². The summed E-state index contributed by atoms with van der Waals surface area (Å²) in [5.41, 5.74) is 1.50. The fourth-order valence-electron chi connectivity index (χ4n) is 2.50. The Balaban J connectivity index is 2.01. The smallest absolute Gasteiger partial charge is 0.190 e. The number of allylic oxidation sites excluding steroid dienone is 1. The Morgan fingerprint density at radius 3 is 2.48 bits per heavy atom. The molecular formula is C20H15ClO2. The van der Waals surface area contributed by atoms with E-state index >= 15 is 0 Å². The number of hydrogen-bond donors (Lipinski definition) is 0. The highest BCUT2D eigenvalue weighted by molar-refractivity contribution is 6.30. The molecule has 0 saturated carbocycles. The van der Waals surface area contributed by atoms with Gasteiger partial charge >= 0.3 is 0 Å². The molecule has 3 aromatic rings. The Morgan fingerprint density at radius 2 is 1.74 bits per heavy atom. The maximum absolute atomic E-state index is 12.7. The van der Waals surface area contributed by atoms with Crippen molar-refractivity contribution in [2.75, 3.05) is 7.11 Å². The standard InChI is InChI=1S/C20H15ClO2/c1-23-19-13-9-15-4-2-3-5-17(15)20(19)18(22)12-8-14-6-10-16(21)11-7-14/h2-13H,1H3. The van der Waals surface area contributed by atoms with Crippen molar-refractivity contribution in [1.29, 1.82) is 0 Å². The van der Waals surface area contributed by atoms with Crippen molar-refractivity contribution in [2.45, 2.75) is 0 Å². The molecule has 0 N–H and O–H groups in total. The van der Waals surface area contributed by atoms with E-state index in [4.69, 9.17) is 16.3 Å². The third-order valence-corrected chi connectivity index (χ3v) is 3.91. The third kappa shape index (κ3) is 3.27. The summed E-state index contributed by atoms with van der Waals surface area (Å²) in [6.07, 6.45) is 3.34. The van der Waals surface area contributed by atoms with Crippen LogP contribution in [0.3, 0.4) is 0 Å². The molecule has 0 amide bonds. The largest absolute Gasteiger partial charge is 0.496 e. The highest BCUT2D eigenvalue weighted by atomic mass is 35.5. The van der Waals surface area contributed by atoms with Gasteiger partial charge in [-0.1, -0.05) is 60.1 Å². The molecule has 114 valence electrons. The molecule has 0 heterocycles. The van der Waals surface area contributed by atoms with Crippen molar-refractivity contribution >= 4 is 34.2 Å². The summed E-state index contributed by atoms with van der Waals surface area (Å²) in [6, 6.07) is 18.9. The summed E-state index contributed by atoms with van der Waals surface area (Å²) in [5, 5.41) is 2.57. The molecule has 3 aromatic carbocycles. The van der Waals surface area contributed by atoms with Crippen LogP contribution in [0.25, 0.3) is 16.8 Å². The average molecular weight is 323 g/mol. The highest BCUT2D eigenvalue weighted by Crippen LogP contribution is 2.28. The lowest BCUT2D eigenvalue weighted by atomic mass is 9.99. The van der Waals surface area contributed by atoms with E-state index in [1.54, 1.807) is 31.4 Å². The monoisotopic (exact) mass is 322 g/mol. The van der Waals surface area contributed by atoms with E-state index in [0.717, 1.165) is 16.3 Å². The topological polar surface area (TPSA) is 26.3 Å². The van der Waals surface area contributed by atoms with Crippen LogP contribution in [-0.2, 0) is 0 Å². The molecule has 0 aliphatic heterocycles. The lowest BCUT2D eigenvalue weighted by molar-refractivity contribution is 0.104. The number of halogens is 1. The molecule has 23 heavy (non-hydrogen) atoms. The quantitative estimate of drug-likeness (QED) is 0.475. The molecule has 0 saturated heterocycles. The summed E-state index contributed by atoms with van der Waals surface area (Å²) in [7, 11) is 1.57. The predicted octanol–water partition coefficient (Wildman–Crippen LogP) is 5.40. The van der Waals surface area contributed by atoms with Crippen molar-refractivity contribution in [3.05, 3.63) is 82.9 Å². The lowest BCUT2D eigenvalue weighted by Crippen LogP contribution is -2.00. The fourth-order valence-corrected chi connectivity index (χ4v) is 2.63. The molecule has 0 unspecified atom stereocenters. The van der Waals surface area contributed by atoms with Crippen LogP contribution in [0.4, 0.5) is 0 Å². The van der Waals surface area contributed by atoms with E-state index < -0.39 is 0 Å². The highest BCUT2D eigenvalue weighted by Gasteiger charge is 2.13. The van der Waals surface area contributed by atoms with Crippen molar-refractivity contribution in [1.82, 2.24) is 0 Å². The number of benzene rings is 3. The van der Waals surface area contributed by atoms with Gasteiger partial charge in [-0.05, 0) is 40.6 Å². The number of hydrogen-bond acceptors (Lipinski definition) is 2. The fraction of sp³-hybridized carbons (Fsp3) is 0.0500. The van der Waals surface area contributed by atoms with Crippen LogP contribution in [0.1, 0.15) is 15.9 Å². The molecule has 3 heteroatoms. The number of ketones is 1. The minimum absolute atomic E-state index is 0.0893. The molecule has 0 aliphatic rings. The molecule has 0 spiro atoms. The summed E-state index contributed by atoms with van der Waals surface area (Å²) in [4.78, 5) is 12.7. The van der Waals surface area contributed by atoms with Gasteiger partial charge in [-0.25, -0.2) is 0 Å². The first-order valence-corrected chi connectivity index (χ1v) is 7.60. The van der Waals surface area contributed by atoms with Gasteiger partial charge in [0.1, 0.15) is 5.75 Å². The van der Waals surface area contributed by atoms with Gasteiger partial charge in [-0.15, -0.1) is 0 Å². The maximum Gasteiger partial charge on any atom is 0.190 e. The molecule has 0 bridgehead atoms. The summed E-state index contributed by atoms with van der Waals surface area (Å²) < 4.78 is 5.37. The van der Waals surface area contributed by atoms with Crippen LogP contribution < -0.4 is 4.74 Å². The van der Waals surface area contributed by atoms with Gasteiger partial charge in [-0.3, -0.25) is 4.79 Å². The number of fused-ring (bicyclic) bond motifs is 1. The normalized spacial score (nSPS) is 11.0. The first-order valence-electron chi connectivity index (χ1n) is 7.23. The number of ether oxygens (including phenoxy) is 1. The van der Waals surface area contributed by atoms with E-state index in [-0.39, 0.29) is 5.78 Å². The van der Waals surface area contributed by atoms with Crippen molar-refractivity contribution in [2.24, 2.45) is 0 Å². The van der Waals surface area contributed by atoms with Gasteiger partial charge in [0.15, 0.2) is 5.78 Å². The van der Waals surface area contributed by atoms with E-state index in [2.05, 4.69) is 0 Å². The second-order valence-corrected chi connectivity index (χ2v) is 5.55. The molecule has 3 rings (SSSR count). The Labute approximate surface area is 140 Å². The van der Waals surface area contributed by atoms with Gasteiger partial charge in [0, 0.05) is 5.02 Å². The first kappa shape index (κ1) is 15.3. The average Bonchev–Trinajstić information content (AvgIpc) is 2.60. The minimum Gasteiger partial charge on any atom is -0.496 e. The second kappa shape index (κ2) is 6.67. The SMILES string of the molecule is COc1ccc2ccccc2c1C(=O)C=Cc1ccc(Cl)cc1. The lowest BCUT2D eigenvalue weighted by Gasteiger charge is -2.09. The predicted molar refractivity (Wildman–Crippen MR) is 95.3 cm³/mol. The van der Waals surface area contributed by atoms with Gasteiger partial charge in [0.2, 0.25) is 0 Å². The Bertz CT molecular complexity index is 880. The Morgan fingerprint density at radius 1 is 1.00 bits per heavy atom. The Kier molecular flexibility index (Phi) is 4.45. The second-order valence-electron chi connectivity index (χ2n) is 5.11.